The molecule has 4 atom stereocenters. The molecule has 2 aliphatic rings. The number of carbonyl (C=O) groups excluding carboxylic acids is 1. The number of aliphatic hydroxyl groups excluding tert-OH is 2. The molecule has 1 aromatic carbocycles. The lowest BCUT2D eigenvalue weighted by atomic mass is 9.79. The highest BCUT2D eigenvalue weighted by molar-refractivity contribution is 5.94. The van der Waals surface area contributed by atoms with Crippen LogP contribution in [0.1, 0.15) is 23.2 Å². The number of hydrogen-bond acceptors (Lipinski definition) is 6. The normalized spacial score (nSPS) is 27.8. The van der Waals surface area contributed by atoms with Gasteiger partial charge in [-0.1, -0.05) is 18.2 Å². The molecular formula is C19H22N4O3. The molecule has 1 saturated carbocycles. The van der Waals surface area contributed by atoms with Gasteiger partial charge in [0, 0.05) is 31.2 Å². The van der Waals surface area contributed by atoms with Crippen LogP contribution in [-0.4, -0.2) is 56.3 Å². The second-order valence-corrected chi connectivity index (χ2v) is 7.12. The van der Waals surface area contributed by atoms with Gasteiger partial charge in [-0.05, 0) is 36.8 Å². The number of nitrogens with one attached hydrogen (secondary N) is 1. The third kappa shape index (κ3) is 3.40. The van der Waals surface area contributed by atoms with Gasteiger partial charge in [-0.15, -0.1) is 0 Å². The average molecular weight is 354 g/mol. The van der Waals surface area contributed by atoms with Crippen molar-refractivity contribution in [2.24, 2.45) is 11.8 Å². The number of para-hydroxylation sites is 1. The molecule has 3 N–H and O–H groups in total. The summed E-state index contributed by atoms with van der Waals surface area (Å²) < 4.78 is 0. The Kier molecular flexibility index (Phi) is 4.57. The number of anilines is 2. The lowest BCUT2D eigenvalue weighted by Crippen LogP contribution is -2.38. The quantitative estimate of drug-likeness (QED) is 0.771. The molecule has 1 aliphatic heterocycles. The second kappa shape index (κ2) is 7.01. The van der Waals surface area contributed by atoms with Crippen molar-refractivity contribution in [3.8, 4) is 0 Å². The maximum absolute atomic E-state index is 12.7. The average Bonchev–Trinajstić information content (AvgIpc) is 3.06. The molecule has 136 valence electrons. The highest BCUT2D eigenvalue weighted by Crippen LogP contribution is 2.36. The van der Waals surface area contributed by atoms with E-state index in [1.165, 1.54) is 12.4 Å². The van der Waals surface area contributed by atoms with Crippen LogP contribution in [0.15, 0.2) is 42.7 Å². The van der Waals surface area contributed by atoms with Crippen molar-refractivity contribution in [2.75, 3.05) is 18.4 Å². The van der Waals surface area contributed by atoms with E-state index in [4.69, 9.17) is 0 Å². The van der Waals surface area contributed by atoms with Gasteiger partial charge in [0.05, 0.1) is 17.8 Å². The van der Waals surface area contributed by atoms with Crippen LogP contribution in [-0.2, 0) is 0 Å². The summed E-state index contributed by atoms with van der Waals surface area (Å²) in [6, 6.07) is 9.59. The van der Waals surface area contributed by atoms with Gasteiger partial charge in [0.2, 0.25) is 5.95 Å². The molecule has 0 spiro atoms. The first-order valence-corrected chi connectivity index (χ1v) is 8.89. The summed E-state index contributed by atoms with van der Waals surface area (Å²) in [7, 11) is 0. The fourth-order valence-corrected chi connectivity index (χ4v) is 3.91. The summed E-state index contributed by atoms with van der Waals surface area (Å²) in [5, 5.41) is 22.8. The molecule has 0 radical (unpaired) electrons. The van der Waals surface area contributed by atoms with Gasteiger partial charge in [-0.3, -0.25) is 4.79 Å². The Morgan fingerprint density at radius 3 is 2.15 bits per heavy atom. The molecule has 7 heteroatoms. The maximum Gasteiger partial charge on any atom is 0.257 e. The van der Waals surface area contributed by atoms with Gasteiger partial charge < -0.3 is 20.4 Å². The standard InChI is InChI=1S/C19H22N4O3/c24-16-6-12-10-23(11-13(12)7-17(16)25)18(26)14-8-20-19(21-9-14)22-15-4-2-1-3-5-15/h1-5,8-9,12-13,16-17,24-25H,6-7,10-11H2,(H,20,21,22)/t12-,13+,16-,17-/m0/s1. The van der Waals surface area contributed by atoms with Crippen LogP contribution < -0.4 is 5.32 Å². The molecule has 0 unspecified atom stereocenters. The van der Waals surface area contributed by atoms with Crippen LogP contribution in [0, 0.1) is 11.8 Å². The molecular weight excluding hydrogens is 332 g/mol. The number of aliphatic hydroxyl groups is 2. The first kappa shape index (κ1) is 16.9. The number of carbonyl (C=O) groups is 1. The summed E-state index contributed by atoms with van der Waals surface area (Å²) in [5.41, 5.74) is 1.33. The summed E-state index contributed by atoms with van der Waals surface area (Å²) in [4.78, 5) is 23.0. The smallest absolute Gasteiger partial charge is 0.257 e. The van der Waals surface area contributed by atoms with Crippen molar-refractivity contribution < 1.29 is 15.0 Å². The first-order valence-electron chi connectivity index (χ1n) is 8.89. The molecule has 2 aromatic rings. The topological polar surface area (TPSA) is 98.6 Å². The van der Waals surface area contributed by atoms with E-state index in [2.05, 4.69) is 15.3 Å². The third-order valence-electron chi connectivity index (χ3n) is 5.33. The predicted molar refractivity (Wildman–Crippen MR) is 95.9 cm³/mol. The molecule has 0 bridgehead atoms. The summed E-state index contributed by atoms with van der Waals surface area (Å²) in [6.07, 6.45) is 2.80. The molecule has 2 fully saturated rings. The number of hydrogen-bond donors (Lipinski definition) is 3. The fraction of sp³-hybridized carbons (Fsp3) is 0.421. The van der Waals surface area contributed by atoms with Gasteiger partial charge in [-0.2, -0.15) is 0 Å². The number of amides is 1. The van der Waals surface area contributed by atoms with Gasteiger partial charge in [-0.25, -0.2) is 9.97 Å². The van der Waals surface area contributed by atoms with E-state index in [1.807, 2.05) is 30.3 Å². The third-order valence-corrected chi connectivity index (χ3v) is 5.33. The van der Waals surface area contributed by atoms with Crippen LogP contribution in [0.25, 0.3) is 0 Å². The van der Waals surface area contributed by atoms with Crippen molar-refractivity contribution in [3.63, 3.8) is 0 Å². The SMILES string of the molecule is O=C(c1cnc(Nc2ccccc2)nc1)N1C[C@H]2C[C@H](O)[C@@H](O)C[C@H]2C1. The molecule has 1 aromatic heterocycles. The zero-order chi connectivity index (χ0) is 18.1. The Labute approximate surface area is 151 Å². The van der Waals surface area contributed by atoms with E-state index in [-0.39, 0.29) is 17.7 Å². The van der Waals surface area contributed by atoms with Crippen molar-refractivity contribution in [1.82, 2.24) is 14.9 Å². The Morgan fingerprint density at radius 2 is 1.58 bits per heavy atom. The van der Waals surface area contributed by atoms with E-state index in [1.54, 1.807) is 4.90 Å². The Bertz CT molecular complexity index is 750. The minimum absolute atomic E-state index is 0.102. The fourth-order valence-electron chi connectivity index (χ4n) is 3.91. The number of benzene rings is 1. The largest absolute Gasteiger partial charge is 0.390 e. The number of likely N-dealkylation sites (tertiary alicyclic amines) is 1. The monoisotopic (exact) mass is 354 g/mol. The van der Waals surface area contributed by atoms with Gasteiger partial charge in [0.1, 0.15) is 0 Å². The maximum atomic E-state index is 12.7. The van der Waals surface area contributed by atoms with Crippen LogP contribution in [0.5, 0.6) is 0 Å². The highest BCUT2D eigenvalue weighted by Gasteiger charge is 2.42. The highest BCUT2D eigenvalue weighted by atomic mass is 16.3. The molecule has 26 heavy (non-hydrogen) atoms. The minimum Gasteiger partial charge on any atom is -0.390 e. The number of fused-ring (bicyclic) bond motifs is 1. The molecule has 7 nitrogen and oxygen atoms in total. The van der Waals surface area contributed by atoms with E-state index in [9.17, 15) is 15.0 Å². The Hall–Kier alpha value is -2.51. The molecule has 1 amide bonds. The van der Waals surface area contributed by atoms with Crippen molar-refractivity contribution >= 4 is 17.5 Å². The van der Waals surface area contributed by atoms with Gasteiger partial charge >= 0.3 is 0 Å². The van der Waals surface area contributed by atoms with Gasteiger partial charge in [0.15, 0.2) is 0 Å². The number of nitrogens with zero attached hydrogens (tertiary/aromatic N) is 3. The van der Waals surface area contributed by atoms with Crippen molar-refractivity contribution in [1.29, 1.82) is 0 Å². The molecule has 1 saturated heterocycles. The van der Waals surface area contributed by atoms with Gasteiger partial charge in [0.25, 0.3) is 5.91 Å². The van der Waals surface area contributed by atoms with Crippen LogP contribution >= 0.6 is 0 Å². The second-order valence-electron chi connectivity index (χ2n) is 7.12. The zero-order valence-corrected chi connectivity index (χ0v) is 14.3. The zero-order valence-electron chi connectivity index (χ0n) is 14.3. The van der Waals surface area contributed by atoms with E-state index in [0.717, 1.165) is 5.69 Å². The lowest BCUT2D eigenvalue weighted by Gasteiger charge is -2.31. The predicted octanol–water partition coefficient (Wildman–Crippen LogP) is 1.42. The lowest BCUT2D eigenvalue weighted by molar-refractivity contribution is -0.0372. The van der Waals surface area contributed by atoms with Crippen LogP contribution in [0.2, 0.25) is 0 Å². The minimum atomic E-state index is -0.682. The number of rotatable bonds is 3. The van der Waals surface area contributed by atoms with E-state index < -0.39 is 12.2 Å². The summed E-state index contributed by atoms with van der Waals surface area (Å²) in [5.74, 6) is 0.832. The van der Waals surface area contributed by atoms with Crippen LogP contribution in [0.4, 0.5) is 11.6 Å². The Balaban J connectivity index is 1.41. The molecule has 2 heterocycles. The molecule has 4 rings (SSSR count). The van der Waals surface area contributed by atoms with Crippen molar-refractivity contribution in [3.05, 3.63) is 48.3 Å². The molecule has 1 aliphatic carbocycles. The summed E-state index contributed by atoms with van der Waals surface area (Å²) in [6.45, 7) is 1.22. The number of aromatic nitrogens is 2. The van der Waals surface area contributed by atoms with E-state index >= 15 is 0 Å². The van der Waals surface area contributed by atoms with E-state index in [0.29, 0.717) is 37.4 Å². The Morgan fingerprint density at radius 1 is 1.00 bits per heavy atom. The first-order chi connectivity index (χ1) is 12.6. The van der Waals surface area contributed by atoms with Crippen LogP contribution in [0.3, 0.4) is 0 Å². The summed E-state index contributed by atoms with van der Waals surface area (Å²) >= 11 is 0. The van der Waals surface area contributed by atoms with Crippen molar-refractivity contribution in [2.45, 2.75) is 25.0 Å².